The van der Waals surface area contributed by atoms with Crippen LogP contribution in [-0.4, -0.2) is 65.3 Å². The number of rotatable bonds is 10. The van der Waals surface area contributed by atoms with E-state index in [1.807, 2.05) is 0 Å². The number of hydrogen-bond acceptors (Lipinski definition) is 6. The van der Waals surface area contributed by atoms with Crippen molar-refractivity contribution in [1.29, 1.82) is 0 Å². The molecule has 0 atom stereocenters. The molecule has 0 aliphatic carbocycles. The van der Waals surface area contributed by atoms with Gasteiger partial charge >= 0.3 is 0 Å². The normalized spacial score (nSPS) is 11.8. The van der Waals surface area contributed by atoms with Gasteiger partial charge in [0.25, 0.3) is 0 Å². The van der Waals surface area contributed by atoms with Crippen molar-refractivity contribution in [2.45, 2.75) is 11.3 Å². The summed E-state index contributed by atoms with van der Waals surface area (Å²) < 4.78 is 36.7. The third-order valence-electron chi connectivity index (χ3n) is 2.93. The molecule has 0 aliphatic heterocycles. The summed E-state index contributed by atoms with van der Waals surface area (Å²) in [5, 5.41) is 2.84. The van der Waals surface area contributed by atoms with E-state index in [0.717, 1.165) is 0 Å². The van der Waals surface area contributed by atoms with Crippen LogP contribution in [0.3, 0.4) is 0 Å². The summed E-state index contributed by atoms with van der Waals surface area (Å²) >= 11 is 0. The van der Waals surface area contributed by atoms with Crippen LogP contribution in [-0.2, 0) is 19.5 Å². The van der Waals surface area contributed by atoms with E-state index in [-0.39, 0.29) is 4.90 Å². The maximum atomic E-state index is 12.7. The van der Waals surface area contributed by atoms with Crippen LogP contribution >= 0.6 is 0 Å². The van der Waals surface area contributed by atoms with Gasteiger partial charge in [-0.05, 0) is 12.5 Å². The molecule has 0 spiro atoms. The zero-order valence-electron chi connectivity index (χ0n) is 12.7. The lowest BCUT2D eigenvalue weighted by Crippen LogP contribution is -2.35. The molecule has 0 saturated carbocycles. The van der Waals surface area contributed by atoms with E-state index in [0.29, 0.717) is 38.5 Å². The molecule has 120 valence electrons. The van der Waals surface area contributed by atoms with E-state index in [1.165, 1.54) is 22.6 Å². The van der Waals surface area contributed by atoms with Crippen LogP contribution in [0.15, 0.2) is 23.2 Å². The Hall–Kier alpha value is -1.22. The van der Waals surface area contributed by atoms with E-state index in [9.17, 15) is 8.42 Å². The minimum atomic E-state index is -3.57. The molecule has 0 aromatic carbocycles. The third kappa shape index (κ3) is 5.24. The minimum Gasteiger partial charge on any atom is -0.385 e. The standard InChI is InChI=1S/C13H23N3O4S/c1-14-13-11-12(5-6-15-13)21(17,18)16(8-10-20-3)7-4-9-19-2/h5-6,11H,4,7-10H2,1-3H3,(H,14,15). The lowest BCUT2D eigenvalue weighted by molar-refractivity contribution is 0.164. The van der Waals surface area contributed by atoms with Gasteiger partial charge in [0.15, 0.2) is 0 Å². The maximum Gasteiger partial charge on any atom is 0.243 e. The van der Waals surface area contributed by atoms with Gasteiger partial charge in [-0.25, -0.2) is 13.4 Å². The quantitative estimate of drug-likeness (QED) is 0.643. The van der Waals surface area contributed by atoms with E-state index < -0.39 is 10.0 Å². The highest BCUT2D eigenvalue weighted by Gasteiger charge is 2.24. The lowest BCUT2D eigenvalue weighted by atomic mass is 10.4. The van der Waals surface area contributed by atoms with Crippen molar-refractivity contribution in [3.63, 3.8) is 0 Å². The summed E-state index contributed by atoms with van der Waals surface area (Å²) in [5.41, 5.74) is 0. The Balaban J connectivity index is 2.95. The van der Waals surface area contributed by atoms with Gasteiger partial charge in [0.2, 0.25) is 10.0 Å². The Kier molecular flexibility index (Phi) is 7.58. The number of methoxy groups -OCH3 is 2. The van der Waals surface area contributed by atoms with E-state index in [1.54, 1.807) is 21.3 Å². The molecule has 0 radical (unpaired) electrons. The Morgan fingerprint density at radius 1 is 1.24 bits per heavy atom. The fourth-order valence-electron chi connectivity index (χ4n) is 1.79. The molecule has 0 saturated heterocycles. The molecule has 1 aromatic rings. The van der Waals surface area contributed by atoms with E-state index in [2.05, 4.69) is 10.3 Å². The number of nitrogens with zero attached hydrogens (tertiary/aromatic N) is 2. The number of nitrogens with one attached hydrogen (secondary N) is 1. The summed E-state index contributed by atoms with van der Waals surface area (Å²) in [7, 11) is 1.27. The second-order valence-electron chi connectivity index (χ2n) is 4.37. The van der Waals surface area contributed by atoms with Gasteiger partial charge in [-0.2, -0.15) is 4.31 Å². The number of sulfonamides is 1. The third-order valence-corrected chi connectivity index (χ3v) is 4.82. The van der Waals surface area contributed by atoms with Gasteiger partial charge in [0, 0.05) is 53.2 Å². The fourth-order valence-corrected chi connectivity index (χ4v) is 3.26. The minimum absolute atomic E-state index is 0.218. The number of hydrogen-bond donors (Lipinski definition) is 1. The second kappa shape index (κ2) is 8.93. The average Bonchev–Trinajstić information content (AvgIpc) is 2.50. The smallest absolute Gasteiger partial charge is 0.243 e. The van der Waals surface area contributed by atoms with Gasteiger partial charge in [-0.15, -0.1) is 0 Å². The van der Waals surface area contributed by atoms with Crippen molar-refractivity contribution in [2.24, 2.45) is 0 Å². The molecular weight excluding hydrogens is 294 g/mol. The fraction of sp³-hybridized carbons (Fsp3) is 0.615. The van der Waals surface area contributed by atoms with Crippen molar-refractivity contribution in [2.75, 3.05) is 52.9 Å². The summed E-state index contributed by atoms with van der Waals surface area (Å²) in [6.07, 6.45) is 2.10. The first-order valence-electron chi connectivity index (χ1n) is 6.68. The van der Waals surface area contributed by atoms with Gasteiger partial charge < -0.3 is 14.8 Å². The number of anilines is 1. The van der Waals surface area contributed by atoms with Crippen LogP contribution in [0.5, 0.6) is 0 Å². The van der Waals surface area contributed by atoms with Gasteiger partial charge in [0.05, 0.1) is 11.5 Å². The lowest BCUT2D eigenvalue weighted by Gasteiger charge is -2.22. The molecule has 7 nitrogen and oxygen atoms in total. The van der Waals surface area contributed by atoms with Crippen LogP contribution in [0.4, 0.5) is 5.82 Å². The first kappa shape index (κ1) is 17.8. The van der Waals surface area contributed by atoms with Crippen molar-refractivity contribution < 1.29 is 17.9 Å². The molecule has 1 heterocycles. The molecule has 0 bridgehead atoms. The van der Waals surface area contributed by atoms with Crippen LogP contribution in [0.2, 0.25) is 0 Å². The second-order valence-corrected chi connectivity index (χ2v) is 6.31. The summed E-state index contributed by atoms with van der Waals surface area (Å²) in [4.78, 5) is 4.25. The molecule has 1 rings (SSSR count). The zero-order chi connectivity index (χ0) is 15.7. The number of pyridine rings is 1. The Bertz CT molecular complexity index is 522. The number of ether oxygens (including phenoxy) is 2. The first-order chi connectivity index (χ1) is 10.1. The maximum absolute atomic E-state index is 12.7. The van der Waals surface area contributed by atoms with Crippen LogP contribution in [0.25, 0.3) is 0 Å². The summed E-state index contributed by atoms with van der Waals surface area (Å²) in [6, 6.07) is 3.01. The molecule has 0 aliphatic rings. The van der Waals surface area contributed by atoms with Crippen molar-refractivity contribution in [3.8, 4) is 0 Å². The van der Waals surface area contributed by atoms with Crippen LogP contribution < -0.4 is 5.32 Å². The van der Waals surface area contributed by atoms with E-state index in [4.69, 9.17) is 9.47 Å². The van der Waals surface area contributed by atoms with Crippen molar-refractivity contribution >= 4 is 15.8 Å². The average molecular weight is 317 g/mol. The highest BCUT2D eigenvalue weighted by atomic mass is 32.2. The van der Waals surface area contributed by atoms with Gasteiger partial charge in [0.1, 0.15) is 5.82 Å². The van der Waals surface area contributed by atoms with Crippen LogP contribution in [0, 0.1) is 0 Å². The Morgan fingerprint density at radius 2 is 1.95 bits per heavy atom. The topological polar surface area (TPSA) is 80.8 Å². The predicted octanol–water partition coefficient (Wildman–Crippen LogP) is 0.797. The molecule has 0 fully saturated rings. The molecule has 8 heteroatoms. The zero-order valence-corrected chi connectivity index (χ0v) is 13.5. The highest BCUT2D eigenvalue weighted by molar-refractivity contribution is 7.89. The first-order valence-corrected chi connectivity index (χ1v) is 8.12. The number of aromatic nitrogens is 1. The van der Waals surface area contributed by atoms with Crippen molar-refractivity contribution in [3.05, 3.63) is 18.3 Å². The van der Waals surface area contributed by atoms with Crippen molar-refractivity contribution in [1.82, 2.24) is 9.29 Å². The predicted molar refractivity (Wildman–Crippen MR) is 80.9 cm³/mol. The summed E-state index contributed by atoms with van der Waals surface area (Å²) in [5.74, 6) is 0.514. The molecule has 1 aromatic heterocycles. The largest absolute Gasteiger partial charge is 0.385 e. The van der Waals surface area contributed by atoms with Crippen LogP contribution in [0.1, 0.15) is 6.42 Å². The van der Waals surface area contributed by atoms with Gasteiger partial charge in [-0.3, -0.25) is 0 Å². The Morgan fingerprint density at radius 3 is 2.57 bits per heavy atom. The summed E-state index contributed by atoms with van der Waals surface area (Å²) in [6.45, 7) is 1.55. The van der Waals surface area contributed by atoms with E-state index >= 15 is 0 Å². The Labute approximate surface area is 126 Å². The molecule has 0 unspecified atom stereocenters. The molecular formula is C13H23N3O4S. The highest BCUT2D eigenvalue weighted by Crippen LogP contribution is 2.18. The molecule has 0 amide bonds. The molecule has 21 heavy (non-hydrogen) atoms. The van der Waals surface area contributed by atoms with Gasteiger partial charge in [-0.1, -0.05) is 0 Å². The SMILES string of the molecule is CNc1cc(S(=O)(=O)N(CCCOC)CCOC)ccn1. The molecule has 1 N–H and O–H groups in total. The monoisotopic (exact) mass is 317 g/mol.